The molecular formula is C25H29NO3. The molecule has 0 radical (unpaired) electrons. The third-order valence-corrected chi connectivity index (χ3v) is 5.47. The summed E-state index contributed by atoms with van der Waals surface area (Å²) in [5.74, 6) is 3.36. The first-order chi connectivity index (χ1) is 14.3. The molecule has 152 valence electrons. The Bertz CT molecular complexity index is 915. The second kappa shape index (κ2) is 9.66. The highest BCUT2D eigenvalue weighted by molar-refractivity contribution is 5.89. The fraction of sp³-hybridized carbons (Fsp3) is 0.360. The molecule has 4 heteroatoms. The van der Waals surface area contributed by atoms with Gasteiger partial charge in [-0.25, -0.2) is 0 Å². The van der Waals surface area contributed by atoms with Crippen LogP contribution in [0.2, 0.25) is 0 Å². The molecule has 0 unspecified atom stereocenters. The van der Waals surface area contributed by atoms with E-state index in [9.17, 15) is 0 Å². The molecule has 1 aliphatic heterocycles. The number of likely N-dealkylation sites (tertiary alicyclic amines) is 1. The molecule has 4 nitrogen and oxygen atoms in total. The maximum atomic E-state index is 6.13. The highest BCUT2D eigenvalue weighted by Crippen LogP contribution is 2.32. The van der Waals surface area contributed by atoms with E-state index in [-0.39, 0.29) is 0 Å². The number of hydrogen-bond acceptors (Lipinski definition) is 4. The molecule has 1 aliphatic rings. The van der Waals surface area contributed by atoms with Crippen LogP contribution in [0, 0.1) is 0 Å². The summed E-state index contributed by atoms with van der Waals surface area (Å²) in [5.41, 5.74) is 0. The summed E-state index contributed by atoms with van der Waals surface area (Å²) in [6, 6.07) is 19.9. The SMILES string of the molecule is COc1ccc2c(Oc3ccc(OCCN4CCCCCC4)cc3)cccc2c1. The Morgan fingerprint density at radius 3 is 2.28 bits per heavy atom. The summed E-state index contributed by atoms with van der Waals surface area (Å²) < 4.78 is 17.4. The number of ether oxygens (including phenoxy) is 3. The molecule has 0 aliphatic carbocycles. The Balaban J connectivity index is 1.35. The van der Waals surface area contributed by atoms with E-state index in [0.717, 1.165) is 46.9 Å². The molecule has 0 bridgehead atoms. The Morgan fingerprint density at radius 2 is 1.52 bits per heavy atom. The van der Waals surface area contributed by atoms with Gasteiger partial charge in [-0.2, -0.15) is 0 Å². The molecule has 1 heterocycles. The van der Waals surface area contributed by atoms with Gasteiger partial charge in [0.15, 0.2) is 0 Å². The summed E-state index contributed by atoms with van der Waals surface area (Å²) in [5, 5.41) is 2.15. The van der Waals surface area contributed by atoms with Crippen molar-refractivity contribution in [2.45, 2.75) is 25.7 Å². The highest BCUT2D eigenvalue weighted by atomic mass is 16.5. The average molecular weight is 392 g/mol. The Kier molecular flexibility index (Phi) is 6.52. The lowest BCUT2D eigenvalue weighted by Gasteiger charge is -2.19. The lowest BCUT2D eigenvalue weighted by atomic mass is 10.1. The topological polar surface area (TPSA) is 30.9 Å². The van der Waals surface area contributed by atoms with Gasteiger partial charge in [-0.05, 0) is 79.8 Å². The van der Waals surface area contributed by atoms with Crippen molar-refractivity contribution in [3.05, 3.63) is 60.7 Å². The molecule has 0 saturated carbocycles. The van der Waals surface area contributed by atoms with Crippen LogP contribution in [0.15, 0.2) is 60.7 Å². The molecule has 1 fully saturated rings. The van der Waals surface area contributed by atoms with E-state index in [4.69, 9.17) is 14.2 Å². The van der Waals surface area contributed by atoms with Crippen LogP contribution in [0.5, 0.6) is 23.0 Å². The van der Waals surface area contributed by atoms with Crippen molar-refractivity contribution in [2.24, 2.45) is 0 Å². The second-order valence-corrected chi connectivity index (χ2v) is 7.52. The highest BCUT2D eigenvalue weighted by Gasteiger charge is 2.09. The molecule has 3 aromatic rings. The van der Waals surface area contributed by atoms with Crippen molar-refractivity contribution < 1.29 is 14.2 Å². The zero-order valence-corrected chi connectivity index (χ0v) is 17.1. The minimum Gasteiger partial charge on any atom is -0.497 e. The van der Waals surface area contributed by atoms with Crippen molar-refractivity contribution in [3.63, 3.8) is 0 Å². The molecule has 0 aromatic heterocycles. The Hall–Kier alpha value is -2.72. The predicted molar refractivity (Wildman–Crippen MR) is 117 cm³/mol. The van der Waals surface area contributed by atoms with Crippen LogP contribution in [0.4, 0.5) is 0 Å². The van der Waals surface area contributed by atoms with Crippen LogP contribution in [0.3, 0.4) is 0 Å². The zero-order chi connectivity index (χ0) is 19.9. The summed E-state index contributed by atoms with van der Waals surface area (Å²) in [6.07, 6.45) is 5.35. The predicted octanol–water partition coefficient (Wildman–Crippen LogP) is 5.90. The molecular weight excluding hydrogens is 362 g/mol. The molecule has 4 rings (SSSR count). The van der Waals surface area contributed by atoms with E-state index in [1.54, 1.807) is 7.11 Å². The van der Waals surface area contributed by atoms with E-state index in [1.165, 1.54) is 38.8 Å². The van der Waals surface area contributed by atoms with Gasteiger partial charge in [0, 0.05) is 11.9 Å². The smallest absolute Gasteiger partial charge is 0.135 e. The molecule has 0 spiro atoms. The van der Waals surface area contributed by atoms with Crippen LogP contribution in [-0.4, -0.2) is 38.3 Å². The van der Waals surface area contributed by atoms with E-state index < -0.39 is 0 Å². The van der Waals surface area contributed by atoms with Gasteiger partial charge in [0.1, 0.15) is 29.6 Å². The molecule has 0 N–H and O–H groups in total. The molecule has 3 aromatic carbocycles. The lowest BCUT2D eigenvalue weighted by molar-refractivity contribution is 0.214. The fourth-order valence-electron chi connectivity index (χ4n) is 3.83. The Labute approximate surface area is 173 Å². The van der Waals surface area contributed by atoms with Gasteiger partial charge in [0.25, 0.3) is 0 Å². The summed E-state index contributed by atoms with van der Waals surface area (Å²) in [6.45, 7) is 4.13. The third-order valence-electron chi connectivity index (χ3n) is 5.47. The van der Waals surface area contributed by atoms with Gasteiger partial charge in [-0.3, -0.25) is 4.90 Å². The quantitative estimate of drug-likeness (QED) is 0.502. The first-order valence-corrected chi connectivity index (χ1v) is 10.5. The van der Waals surface area contributed by atoms with Crippen LogP contribution in [0.25, 0.3) is 10.8 Å². The number of fused-ring (bicyclic) bond motifs is 1. The number of benzene rings is 3. The van der Waals surface area contributed by atoms with E-state index in [1.807, 2.05) is 54.6 Å². The van der Waals surface area contributed by atoms with Crippen molar-refractivity contribution in [3.8, 4) is 23.0 Å². The van der Waals surface area contributed by atoms with E-state index in [2.05, 4.69) is 11.0 Å². The standard InChI is InChI=1S/C25H29NO3/c1-27-23-13-14-24-20(19-23)7-6-8-25(24)29-22-11-9-21(10-12-22)28-18-17-26-15-4-2-3-5-16-26/h6-14,19H,2-5,15-18H2,1H3. The maximum Gasteiger partial charge on any atom is 0.135 e. The number of methoxy groups -OCH3 is 1. The van der Waals surface area contributed by atoms with Crippen molar-refractivity contribution >= 4 is 10.8 Å². The number of rotatable bonds is 7. The van der Waals surface area contributed by atoms with Crippen LogP contribution in [0.1, 0.15) is 25.7 Å². The van der Waals surface area contributed by atoms with Crippen LogP contribution < -0.4 is 14.2 Å². The van der Waals surface area contributed by atoms with E-state index >= 15 is 0 Å². The van der Waals surface area contributed by atoms with Crippen molar-refractivity contribution in [2.75, 3.05) is 33.4 Å². The lowest BCUT2D eigenvalue weighted by Crippen LogP contribution is -2.29. The van der Waals surface area contributed by atoms with E-state index in [0.29, 0.717) is 0 Å². The minimum absolute atomic E-state index is 0.728. The molecule has 0 atom stereocenters. The molecule has 0 amide bonds. The average Bonchev–Trinajstić information content (AvgIpc) is 3.04. The van der Waals surface area contributed by atoms with Gasteiger partial charge in [0.2, 0.25) is 0 Å². The van der Waals surface area contributed by atoms with Gasteiger partial charge < -0.3 is 14.2 Å². The van der Waals surface area contributed by atoms with Gasteiger partial charge in [-0.15, -0.1) is 0 Å². The first-order valence-electron chi connectivity index (χ1n) is 10.5. The molecule has 1 saturated heterocycles. The van der Waals surface area contributed by atoms with Crippen LogP contribution in [-0.2, 0) is 0 Å². The maximum absolute atomic E-state index is 6.13. The normalized spacial score (nSPS) is 15.1. The molecule has 29 heavy (non-hydrogen) atoms. The van der Waals surface area contributed by atoms with Crippen molar-refractivity contribution in [1.82, 2.24) is 4.90 Å². The summed E-state index contributed by atoms with van der Waals surface area (Å²) in [4.78, 5) is 2.51. The second-order valence-electron chi connectivity index (χ2n) is 7.52. The minimum atomic E-state index is 0.728. The largest absolute Gasteiger partial charge is 0.497 e. The number of nitrogens with zero attached hydrogens (tertiary/aromatic N) is 1. The summed E-state index contributed by atoms with van der Waals surface area (Å²) >= 11 is 0. The zero-order valence-electron chi connectivity index (χ0n) is 17.1. The van der Waals surface area contributed by atoms with Gasteiger partial charge in [0.05, 0.1) is 7.11 Å². The third kappa shape index (κ3) is 5.21. The summed E-state index contributed by atoms with van der Waals surface area (Å²) in [7, 11) is 1.68. The van der Waals surface area contributed by atoms with Gasteiger partial charge >= 0.3 is 0 Å². The first kappa shape index (κ1) is 19.6. The monoisotopic (exact) mass is 391 g/mol. The number of hydrogen-bond donors (Lipinski definition) is 0. The van der Waals surface area contributed by atoms with Crippen molar-refractivity contribution in [1.29, 1.82) is 0 Å². The van der Waals surface area contributed by atoms with Gasteiger partial charge in [-0.1, -0.05) is 25.0 Å². The van der Waals surface area contributed by atoms with Crippen LogP contribution >= 0.6 is 0 Å². The fourth-order valence-corrected chi connectivity index (χ4v) is 3.83. The Morgan fingerprint density at radius 1 is 0.793 bits per heavy atom.